The van der Waals surface area contributed by atoms with Gasteiger partial charge in [-0.3, -0.25) is 4.79 Å². The third-order valence-electron chi connectivity index (χ3n) is 2.74. The van der Waals surface area contributed by atoms with Gasteiger partial charge >= 0.3 is 5.97 Å². The molecule has 2 N–H and O–H groups in total. The van der Waals surface area contributed by atoms with Crippen LogP contribution in [-0.2, 0) is 4.79 Å². The van der Waals surface area contributed by atoms with Crippen LogP contribution < -0.4 is 5.32 Å². The molecule has 0 amide bonds. The summed E-state index contributed by atoms with van der Waals surface area (Å²) in [6.07, 6.45) is 2.47. The molecule has 1 rings (SSSR count). The number of thioether (sulfide) groups is 1. The molecule has 0 radical (unpaired) electrons. The fourth-order valence-electron chi connectivity index (χ4n) is 1.60. The molecule has 0 fully saturated rings. The first kappa shape index (κ1) is 14.4. The number of benzene rings is 1. The maximum Gasteiger partial charge on any atom is 0.308 e. The summed E-state index contributed by atoms with van der Waals surface area (Å²) < 4.78 is 0. The van der Waals surface area contributed by atoms with Crippen LogP contribution in [0.5, 0.6) is 0 Å². The fourth-order valence-corrected chi connectivity index (χ4v) is 2.18. The van der Waals surface area contributed by atoms with Gasteiger partial charge in [-0.25, -0.2) is 0 Å². The molecule has 1 unspecified atom stereocenters. The number of rotatable bonds is 6. The highest BCUT2D eigenvalue weighted by Crippen LogP contribution is 2.26. The average molecular weight is 264 g/mol. The van der Waals surface area contributed by atoms with E-state index in [0.717, 1.165) is 4.90 Å². The Morgan fingerprint density at radius 1 is 1.61 bits per heavy atom. The maximum absolute atomic E-state index is 10.9. The molecule has 5 heteroatoms. The SMILES string of the molecule is CCC(CNc1cccc(SC)c1C#N)C(=O)O. The van der Waals surface area contributed by atoms with Crippen LogP contribution in [0.4, 0.5) is 5.69 Å². The summed E-state index contributed by atoms with van der Waals surface area (Å²) in [4.78, 5) is 11.8. The predicted octanol–water partition coefficient (Wildman–Crippen LogP) is 2.80. The first-order valence-electron chi connectivity index (χ1n) is 5.67. The van der Waals surface area contributed by atoms with E-state index in [1.165, 1.54) is 11.8 Å². The molecule has 18 heavy (non-hydrogen) atoms. The van der Waals surface area contributed by atoms with Gasteiger partial charge in [0.15, 0.2) is 0 Å². The zero-order chi connectivity index (χ0) is 13.5. The van der Waals surface area contributed by atoms with E-state index in [-0.39, 0.29) is 0 Å². The van der Waals surface area contributed by atoms with Gasteiger partial charge in [0, 0.05) is 11.4 Å². The molecular weight excluding hydrogens is 248 g/mol. The lowest BCUT2D eigenvalue weighted by Crippen LogP contribution is -2.22. The van der Waals surface area contributed by atoms with E-state index in [1.54, 1.807) is 6.07 Å². The highest BCUT2D eigenvalue weighted by Gasteiger charge is 2.15. The first-order chi connectivity index (χ1) is 8.63. The maximum atomic E-state index is 10.9. The quantitative estimate of drug-likeness (QED) is 0.773. The summed E-state index contributed by atoms with van der Waals surface area (Å²) in [6, 6.07) is 7.69. The number of hydrogen-bond acceptors (Lipinski definition) is 4. The minimum atomic E-state index is -0.815. The summed E-state index contributed by atoms with van der Waals surface area (Å²) in [5, 5.41) is 21.2. The molecule has 0 aliphatic rings. The van der Waals surface area contributed by atoms with Crippen molar-refractivity contribution < 1.29 is 9.90 Å². The molecule has 96 valence electrons. The van der Waals surface area contributed by atoms with E-state index in [0.29, 0.717) is 24.2 Å². The van der Waals surface area contributed by atoms with Crippen molar-refractivity contribution in [3.8, 4) is 6.07 Å². The van der Waals surface area contributed by atoms with Crippen LogP contribution in [0.2, 0.25) is 0 Å². The summed E-state index contributed by atoms with van der Waals surface area (Å²) in [7, 11) is 0. The van der Waals surface area contributed by atoms with E-state index >= 15 is 0 Å². The smallest absolute Gasteiger partial charge is 0.308 e. The number of carbonyl (C=O) groups is 1. The number of hydrogen-bond donors (Lipinski definition) is 2. The summed E-state index contributed by atoms with van der Waals surface area (Å²) >= 11 is 1.50. The Kier molecular flexibility index (Phi) is 5.53. The number of nitrogens with zero attached hydrogens (tertiary/aromatic N) is 1. The number of nitrogens with one attached hydrogen (secondary N) is 1. The molecule has 0 aromatic heterocycles. The van der Waals surface area contributed by atoms with E-state index in [2.05, 4.69) is 11.4 Å². The Hall–Kier alpha value is -1.67. The van der Waals surface area contributed by atoms with Gasteiger partial charge in [0.1, 0.15) is 6.07 Å². The lowest BCUT2D eigenvalue weighted by atomic mass is 10.1. The van der Waals surface area contributed by atoms with E-state index < -0.39 is 11.9 Å². The second-order valence-electron chi connectivity index (χ2n) is 3.82. The van der Waals surface area contributed by atoms with Crippen molar-refractivity contribution in [1.82, 2.24) is 0 Å². The Bertz CT molecular complexity index is 469. The van der Waals surface area contributed by atoms with Crippen LogP contribution in [0.25, 0.3) is 0 Å². The number of anilines is 1. The van der Waals surface area contributed by atoms with Gasteiger partial charge in [0.05, 0.1) is 17.2 Å². The molecule has 0 aliphatic carbocycles. The van der Waals surface area contributed by atoms with Crippen LogP contribution in [0.3, 0.4) is 0 Å². The Balaban J connectivity index is 2.85. The summed E-state index contributed by atoms with van der Waals surface area (Å²) in [5.74, 6) is -1.25. The molecule has 0 aliphatic heterocycles. The minimum absolute atomic E-state index is 0.332. The predicted molar refractivity (Wildman–Crippen MR) is 72.8 cm³/mol. The molecule has 0 saturated carbocycles. The molecular formula is C13H16N2O2S. The second kappa shape index (κ2) is 6.92. The molecule has 1 aromatic carbocycles. The fraction of sp³-hybridized carbons (Fsp3) is 0.385. The zero-order valence-electron chi connectivity index (χ0n) is 10.4. The monoisotopic (exact) mass is 264 g/mol. The highest BCUT2D eigenvalue weighted by atomic mass is 32.2. The van der Waals surface area contributed by atoms with Gasteiger partial charge < -0.3 is 10.4 Å². The van der Waals surface area contributed by atoms with Crippen molar-refractivity contribution >= 4 is 23.4 Å². The largest absolute Gasteiger partial charge is 0.481 e. The van der Waals surface area contributed by atoms with Crippen molar-refractivity contribution in [1.29, 1.82) is 5.26 Å². The third-order valence-corrected chi connectivity index (χ3v) is 3.52. The molecule has 0 spiro atoms. The van der Waals surface area contributed by atoms with E-state index in [4.69, 9.17) is 10.4 Å². The molecule has 0 heterocycles. The Morgan fingerprint density at radius 3 is 2.83 bits per heavy atom. The van der Waals surface area contributed by atoms with E-state index in [1.807, 2.05) is 25.3 Å². The van der Waals surface area contributed by atoms with Gasteiger partial charge in [-0.1, -0.05) is 13.0 Å². The normalized spacial score (nSPS) is 11.6. The van der Waals surface area contributed by atoms with Crippen molar-refractivity contribution in [2.24, 2.45) is 5.92 Å². The topological polar surface area (TPSA) is 73.1 Å². The van der Waals surface area contributed by atoms with Gasteiger partial charge in [-0.2, -0.15) is 5.26 Å². The van der Waals surface area contributed by atoms with Crippen LogP contribution >= 0.6 is 11.8 Å². The molecule has 0 saturated heterocycles. The Labute approximate surface area is 111 Å². The summed E-state index contributed by atoms with van der Waals surface area (Å²) in [6.45, 7) is 2.17. The van der Waals surface area contributed by atoms with Gasteiger partial charge in [0.25, 0.3) is 0 Å². The molecule has 4 nitrogen and oxygen atoms in total. The standard InChI is InChI=1S/C13H16N2O2S/c1-3-9(13(16)17)8-15-11-5-4-6-12(18-2)10(11)7-14/h4-6,9,15H,3,8H2,1-2H3,(H,16,17). The number of carboxylic acid groups (broad SMARTS) is 1. The van der Waals surface area contributed by atoms with Crippen LogP contribution in [-0.4, -0.2) is 23.9 Å². The van der Waals surface area contributed by atoms with Crippen molar-refractivity contribution in [2.45, 2.75) is 18.2 Å². The van der Waals surface area contributed by atoms with Crippen molar-refractivity contribution in [2.75, 3.05) is 18.1 Å². The molecule has 1 aromatic rings. The van der Waals surface area contributed by atoms with Gasteiger partial charge in [0.2, 0.25) is 0 Å². The molecule has 1 atom stereocenters. The second-order valence-corrected chi connectivity index (χ2v) is 4.67. The number of carboxylic acids is 1. The lowest BCUT2D eigenvalue weighted by Gasteiger charge is -2.14. The average Bonchev–Trinajstić information content (AvgIpc) is 2.38. The Morgan fingerprint density at radius 2 is 2.33 bits per heavy atom. The minimum Gasteiger partial charge on any atom is -0.481 e. The van der Waals surface area contributed by atoms with Gasteiger partial charge in [-0.15, -0.1) is 11.8 Å². The van der Waals surface area contributed by atoms with E-state index in [9.17, 15) is 4.79 Å². The zero-order valence-corrected chi connectivity index (χ0v) is 11.3. The van der Waals surface area contributed by atoms with Crippen molar-refractivity contribution in [3.63, 3.8) is 0 Å². The van der Waals surface area contributed by atoms with Gasteiger partial charge in [-0.05, 0) is 24.8 Å². The number of nitriles is 1. The van der Waals surface area contributed by atoms with Crippen LogP contribution in [0, 0.1) is 17.2 Å². The third kappa shape index (κ3) is 3.41. The number of aliphatic carboxylic acids is 1. The lowest BCUT2D eigenvalue weighted by molar-refractivity contribution is -0.141. The first-order valence-corrected chi connectivity index (χ1v) is 6.90. The van der Waals surface area contributed by atoms with Crippen LogP contribution in [0.15, 0.2) is 23.1 Å². The van der Waals surface area contributed by atoms with Crippen molar-refractivity contribution in [3.05, 3.63) is 23.8 Å². The summed E-state index contributed by atoms with van der Waals surface area (Å²) in [5.41, 5.74) is 1.27. The molecule has 0 bridgehead atoms. The highest BCUT2D eigenvalue weighted by molar-refractivity contribution is 7.98. The van der Waals surface area contributed by atoms with Crippen LogP contribution in [0.1, 0.15) is 18.9 Å².